The Morgan fingerprint density at radius 1 is 1.04 bits per heavy atom. The molecule has 7 heteroatoms. The van der Waals surface area contributed by atoms with E-state index in [0.29, 0.717) is 5.95 Å². The molecule has 28 heavy (non-hydrogen) atoms. The Hall–Kier alpha value is -2.67. The summed E-state index contributed by atoms with van der Waals surface area (Å²) in [4.78, 5) is 24.8. The van der Waals surface area contributed by atoms with E-state index in [-0.39, 0.29) is 12.0 Å². The van der Waals surface area contributed by atoms with Crippen LogP contribution in [0.3, 0.4) is 0 Å². The molecule has 1 aromatic carbocycles. The predicted molar refractivity (Wildman–Crippen MR) is 107 cm³/mol. The summed E-state index contributed by atoms with van der Waals surface area (Å²) in [7, 11) is 0. The fraction of sp³-hybridized carbons (Fsp3) is 0.476. The number of piperidine rings is 1. The number of amides is 1. The van der Waals surface area contributed by atoms with Crippen LogP contribution in [0.5, 0.6) is 5.75 Å². The number of nitrogens with zero attached hydrogens (tertiary/aromatic N) is 4. The molecule has 2 aliphatic rings. The highest BCUT2D eigenvalue weighted by Crippen LogP contribution is 2.21. The number of carbonyl (C=O) groups is 1. The Balaban J connectivity index is 1.25. The first-order chi connectivity index (χ1) is 13.7. The minimum Gasteiger partial charge on any atom is -0.490 e. The average molecular weight is 381 g/mol. The van der Waals surface area contributed by atoms with Crippen LogP contribution in [0.1, 0.15) is 41.6 Å². The lowest BCUT2D eigenvalue weighted by Crippen LogP contribution is -2.37. The number of nitrogen functional groups attached to an aromatic ring is 1. The van der Waals surface area contributed by atoms with Gasteiger partial charge in [-0.1, -0.05) is 0 Å². The van der Waals surface area contributed by atoms with Gasteiger partial charge in [-0.3, -0.25) is 9.69 Å². The number of rotatable bonds is 5. The summed E-state index contributed by atoms with van der Waals surface area (Å²) in [5.74, 6) is 1.27. The van der Waals surface area contributed by atoms with Crippen LogP contribution in [0.15, 0.2) is 36.7 Å². The maximum atomic E-state index is 12.4. The molecule has 0 radical (unpaired) electrons. The summed E-state index contributed by atoms with van der Waals surface area (Å²) >= 11 is 0. The van der Waals surface area contributed by atoms with Crippen molar-refractivity contribution in [3.63, 3.8) is 0 Å². The van der Waals surface area contributed by atoms with Gasteiger partial charge in [0.05, 0.1) is 0 Å². The molecular formula is C21H27N5O2. The Labute approximate surface area is 165 Å². The highest BCUT2D eigenvalue weighted by atomic mass is 16.5. The molecule has 0 aliphatic carbocycles. The van der Waals surface area contributed by atoms with Gasteiger partial charge in [0.1, 0.15) is 11.9 Å². The maximum absolute atomic E-state index is 12.4. The number of hydrogen-bond acceptors (Lipinski definition) is 6. The van der Waals surface area contributed by atoms with Crippen molar-refractivity contribution >= 4 is 11.9 Å². The molecular weight excluding hydrogens is 354 g/mol. The van der Waals surface area contributed by atoms with E-state index in [1.54, 1.807) is 12.4 Å². The second kappa shape index (κ2) is 8.56. The third-order valence-corrected chi connectivity index (χ3v) is 5.46. The summed E-state index contributed by atoms with van der Waals surface area (Å²) in [6.45, 7) is 4.53. The zero-order chi connectivity index (χ0) is 19.3. The van der Waals surface area contributed by atoms with E-state index < -0.39 is 0 Å². The molecule has 2 aliphatic heterocycles. The Morgan fingerprint density at radius 2 is 1.68 bits per heavy atom. The zero-order valence-electron chi connectivity index (χ0n) is 16.1. The smallest absolute Gasteiger partial charge is 0.253 e. The largest absolute Gasteiger partial charge is 0.490 e. The van der Waals surface area contributed by atoms with Gasteiger partial charge in [-0.2, -0.15) is 0 Å². The van der Waals surface area contributed by atoms with Crippen LogP contribution in [0, 0.1) is 0 Å². The van der Waals surface area contributed by atoms with Gasteiger partial charge in [0.15, 0.2) is 0 Å². The van der Waals surface area contributed by atoms with Crippen LogP contribution in [0.2, 0.25) is 0 Å². The third kappa shape index (κ3) is 4.59. The third-order valence-electron chi connectivity index (χ3n) is 5.46. The van der Waals surface area contributed by atoms with E-state index >= 15 is 0 Å². The molecule has 0 spiro atoms. The molecule has 1 amide bonds. The van der Waals surface area contributed by atoms with E-state index in [4.69, 9.17) is 10.5 Å². The number of likely N-dealkylation sites (tertiary alicyclic amines) is 2. The highest BCUT2D eigenvalue weighted by molar-refractivity contribution is 5.94. The number of carbonyl (C=O) groups excluding carboxylic acids is 1. The van der Waals surface area contributed by atoms with Crippen molar-refractivity contribution in [2.45, 2.75) is 38.3 Å². The second-order valence-electron chi connectivity index (χ2n) is 7.57. The lowest BCUT2D eigenvalue weighted by Gasteiger charge is -2.32. The molecule has 4 rings (SSSR count). The first kappa shape index (κ1) is 18.7. The molecule has 3 heterocycles. The molecule has 2 N–H and O–H groups in total. The first-order valence-electron chi connectivity index (χ1n) is 10.0. The number of ether oxygens (including phenoxy) is 1. The van der Waals surface area contributed by atoms with Crippen molar-refractivity contribution in [1.29, 1.82) is 0 Å². The zero-order valence-corrected chi connectivity index (χ0v) is 16.1. The van der Waals surface area contributed by atoms with Crippen molar-refractivity contribution < 1.29 is 9.53 Å². The molecule has 1 aromatic heterocycles. The number of benzene rings is 1. The van der Waals surface area contributed by atoms with E-state index in [1.807, 2.05) is 29.2 Å². The van der Waals surface area contributed by atoms with Crippen LogP contribution >= 0.6 is 0 Å². The lowest BCUT2D eigenvalue weighted by molar-refractivity contribution is 0.0792. The standard InChI is InChI=1S/C21H27N5O2/c22-21-23-13-16(14-24-21)15-25-11-7-19(8-12-25)28-18-5-3-17(4-6-18)20(27)26-9-1-2-10-26/h3-6,13-14,19H,1-2,7-12,15H2,(H2,22,23,24). The van der Waals surface area contributed by atoms with Crippen molar-refractivity contribution in [2.24, 2.45) is 0 Å². The molecule has 0 atom stereocenters. The Kier molecular flexibility index (Phi) is 5.71. The van der Waals surface area contributed by atoms with Gasteiger partial charge < -0.3 is 15.4 Å². The molecule has 7 nitrogen and oxygen atoms in total. The van der Waals surface area contributed by atoms with Crippen molar-refractivity contribution in [3.8, 4) is 5.75 Å². The van der Waals surface area contributed by atoms with E-state index in [1.165, 1.54) is 0 Å². The lowest BCUT2D eigenvalue weighted by atomic mass is 10.1. The first-order valence-corrected chi connectivity index (χ1v) is 10.0. The molecule has 0 unspecified atom stereocenters. The molecule has 2 fully saturated rings. The average Bonchev–Trinajstić information content (AvgIpc) is 3.26. The molecule has 0 bridgehead atoms. The topological polar surface area (TPSA) is 84.6 Å². The normalized spacial score (nSPS) is 18.4. The fourth-order valence-corrected chi connectivity index (χ4v) is 3.86. The molecule has 0 saturated carbocycles. The van der Waals surface area contributed by atoms with Gasteiger partial charge in [-0.25, -0.2) is 9.97 Å². The molecule has 2 aromatic rings. The van der Waals surface area contributed by atoms with Crippen LogP contribution in [0.4, 0.5) is 5.95 Å². The maximum Gasteiger partial charge on any atom is 0.253 e. The summed E-state index contributed by atoms with van der Waals surface area (Å²) in [6.07, 6.45) is 7.95. The van der Waals surface area contributed by atoms with Gasteiger partial charge >= 0.3 is 0 Å². The van der Waals surface area contributed by atoms with Gasteiger partial charge in [0, 0.05) is 56.2 Å². The van der Waals surface area contributed by atoms with Gasteiger partial charge in [-0.05, 0) is 49.9 Å². The number of nitrogens with two attached hydrogens (primary N) is 1. The van der Waals surface area contributed by atoms with Gasteiger partial charge in [-0.15, -0.1) is 0 Å². The monoisotopic (exact) mass is 381 g/mol. The molecule has 148 valence electrons. The van der Waals surface area contributed by atoms with Gasteiger partial charge in [0.2, 0.25) is 5.95 Å². The Morgan fingerprint density at radius 3 is 2.32 bits per heavy atom. The van der Waals surface area contributed by atoms with E-state index in [0.717, 1.165) is 75.3 Å². The number of anilines is 1. The van der Waals surface area contributed by atoms with Crippen LogP contribution < -0.4 is 10.5 Å². The molecule has 2 saturated heterocycles. The van der Waals surface area contributed by atoms with E-state index in [2.05, 4.69) is 14.9 Å². The number of hydrogen-bond donors (Lipinski definition) is 1. The van der Waals surface area contributed by atoms with Crippen LogP contribution in [-0.4, -0.2) is 58.0 Å². The van der Waals surface area contributed by atoms with Crippen LogP contribution in [-0.2, 0) is 6.54 Å². The fourth-order valence-electron chi connectivity index (χ4n) is 3.86. The van der Waals surface area contributed by atoms with Crippen LogP contribution in [0.25, 0.3) is 0 Å². The minimum absolute atomic E-state index is 0.129. The number of aromatic nitrogens is 2. The van der Waals surface area contributed by atoms with Crippen molar-refractivity contribution in [2.75, 3.05) is 31.9 Å². The summed E-state index contributed by atoms with van der Waals surface area (Å²) in [5, 5.41) is 0. The van der Waals surface area contributed by atoms with Crippen molar-refractivity contribution in [1.82, 2.24) is 19.8 Å². The van der Waals surface area contributed by atoms with E-state index in [9.17, 15) is 4.79 Å². The summed E-state index contributed by atoms with van der Waals surface area (Å²) in [6, 6.07) is 7.60. The second-order valence-corrected chi connectivity index (χ2v) is 7.57. The minimum atomic E-state index is 0.129. The van der Waals surface area contributed by atoms with Crippen molar-refractivity contribution in [3.05, 3.63) is 47.8 Å². The summed E-state index contributed by atoms with van der Waals surface area (Å²) in [5.41, 5.74) is 7.36. The summed E-state index contributed by atoms with van der Waals surface area (Å²) < 4.78 is 6.14. The Bertz CT molecular complexity index is 779. The SMILES string of the molecule is Nc1ncc(CN2CCC(Oc3ccc(C(=O)N4CCCC4)cc3)CC2)cn1. The van der Waals surface area contributed by atoms with Gasteiger partial charge in [0.25, 0.3) is 5.91 Å². The quantitative estimate of drug-likeness (QED) is 0.856. The predicted octanol–water partition coefficient (Wildman–Crippen LogP) is 2.34. The highest BCUT2D eigenvalue weighted by Gasteiger charge is 2.22.